The quantitative estimate of drug-likeness (QED) is 0.532. The Balaban J connectivity index is 2.26. The van der Waals surface area contributed by atoms with Gasteiger partial charge in [-0.1, -0.05) is 18.2 Å². The number of esters is 1. The van der Waals surface area contributed by atoms with Crippen LogP contribution in [0.15, 0.2) is 42.1 Å². The van der Waals surface area contributed by atoms with Gasteiger partial charge in [-0.15, -0.1) is 0 Å². The average Bonchev–Trinajstić information content (AvgIpc) is 2.94. The van der Waals surface area contributed by atoms with Gasteiger partial charge in [0, 0.05) is 18.9 Å². The minimum absolute atomic E-state index is 0.0553. The van der Waals surface area contributed by atoms with Crippen molar-refractivity contribution < 1.29 is 14.3 Å². The molecule has 6 nitrogen and oxygen atoms in total. The second kappa shape index (κ2) is 7.29. The summed E-state index contributed by atoms with van der Waals surface area (Å²) in [4.78, 5) is 23.9. The predicted molar refractivity (Wildman–Crippen MR) is 90.2 cm³/mol. The van der Waals surface area contributed by atoms with Gasteiger partial charge in [-0.05, 0) is 36.3 Å². The Bertz CT molecular complexity index is 857. The number of aryl methyl sites for hydroxylation is 2. The standard InChI is InChI=1S/C18H17N3O3/c1-12-6-4-5-7-15(12)20-17(22)14(10-19)8-13-9-16(18(23)24-3)21(2)11-13/h4-9,11H,1-3H3,(H,20,22)/b14-8+. The Kier molecular flexibility index (Phi) is 5.17. The molecule has 0 saturated carbocycles. The van der Waals surface area contributed by atoms with Crippen LogP contribution in [0, 0.1) is 18.3 Å². The number of hydrogen-bond donors (Lipinski definition) is 1. The lowest BCUT2D eigenvalue weighted by molar-refractivity contribution is -0.112. The van der Waals surface area contributed by atoms with E-state index in [9.17, 15) is 14.9 Å². The Morgan fingerprint density at radius 1 is 1.33 bits per heavy atom. The van der Waals surface area contributed by atoms with E-state index in [1.807, 2.05) is 25.1 Å². The number of methoxy groups -OCH3 is 1. The molecular weight excluding hydrogens is 306 g/mol. The molecular formula is C18H17N3O3. The Morgan fingerprint density at radius 3 is 2.67 bits per heavy atom. The first kappa shape index (κ1) is 17.0. The molecule has 0 radical (unpaired) electrons. The van der Waals surface area contributed by atoms with E-state index in [0.29, 0.717) is 16.9 Å². The van der Waals surface area contributed by atoms with Crippen LogP contribution in [0.5, 0.6) is 0 Å². The maximum absolute atomic E-state index is 12.3. The average molecular weight is 323 g/mol. The second-order valence-electron chi connectivity index (χ2n) is 5.20. The third-order valence-electron chi connectivity index (χ3n) is 3.49. The van der Waals surface area contributed by atoms with Gasteiger partial charge in [0.15, 0.2) is 0 Å². The topological polar surface area (TPSA) is 84.1 Å². The van der Waals surface area contributed by atoms with Gasteiger partial charge < -0.3 is 14.6 Å². The number of carbonyl (C=O) groups excluding carboxylic acids is 2. The maximum atomic E-state index is 12.3. The van der Waals surface area contributed by atoms with Gasteiger partial charge in [-0.2, -0.15) is 5.26 Å². The van der Waals surface area contributed by atoms with E-state index in [-0.39, 0.29) is 5.57 Å². The van der Waals surface area contributed by atoms with Crippen molar-refractivity contribution in [3.63, 3.8) is 0 Å². The van der Waals surface area contributed by atoms with Crippen LogP contribution >= 0.6 is 0 Å². The molecule has 0 aliphatic carbocycles. The number of hydrogen-bond acceptors (Lipinski definition) is 4. The number of nitrogens with zero attached hydrogens (tertiary/aromatic N) is 2. The van der Waals surface area contributed by atoms with E-state index in [2.05, 4.69) is 10.1 Å². The van der Waals surface area contributed by atoms with Crippen LogP contribution in [-0.4, -0.2) is 23.6 Å². The number of benzene rings is 1. The zero-order valence-electron chi connectivity index (χ0n) is 13.7. The molecule has 1 N–H and O–H groups in total. The van der Waals surface area contributed by atoms with Crippen LogP contribution in [0.2, 0.25) is 0 Å². The number of aromatic nitrogens is 1. The summed E-state index contributed by atoms with van der Waals surface area (Å²) >= 11 is 0. The fourth-order valence-corrected chi connectivity index (χ4v) is 2.19. The van der Waals surface area contributed by atoms with Crippen molar-refractivity contribution >= 4 is 23.6 Å². The van der Waals surface area contributed by atoms with Crippen LogP contribution in [0.4, 0.5) is 5.69 Å². The normalized spacial score (nSPS) is 10.8. The zero-order chi connectivity index (χ0) is 17.7. The molecule has 0 aliphatic rings. The largest absolute Gasteiger partial charge is 0.464 e. The van der Waals surface area contributed by atoms with Gasteiger partial charge in [0.1, 0.15) is 17.3 Å². The van der Waals surface area contributed by atoms with E-state index in [1.54, 1.807) is 36.0 Å². The third-order valence-corrected chi connectivity index (χ3v) is 3.49. The van der Waals surface area contributed by atoms with Crippen molar-refractivity contribution in [3.05, 3.63) is 58.9 Å². The van der Waals surface area contributed by atoms with Crippen molar-refractivity contribution in [2.75, 3.05) is 12.4 Å². The molecule has 0 spiro atoms. The fourth-order valence-electron chi connectivity index (χ4n) is 2.19. The minimum atomic E-state index is -0.504. The van der Waals surface area contributed by atoms with Crippen molar-refractivity contribution in [1.29, 1.82) is 5.26 Å². The summed E-state index contributed by atoms with van der Waals surface area (Å²) < 4.78 is 6.25. The highest BCUT2D eigenvalue weighted by Crippen LogP contribution is 2.16. The SMILES string of the molecule is COC(=O)c1cc(/C=C(\C#N)C(=O)Nc2ccccc2C)cn1C. The number of para-hydroxylation sites is 1. The van der Waals surface area contributed by atoms with Crippen molar-refractivity contribution in [1.82, 2.24) is 4.57 Å². The van der Waals surface area contributed by atoms with Gasteiger partial charge in [0.25, 0.3) is 5.91 Å². The summed E-state index contributed by atoms with van der Waals surface area (Å²) in [6.45, 7) is 1.87. The second-order valence-corrected chi connectivity index (χ2v) is 5.20. The van der Waals surface area contributed by atoms with Gasteiger partial charge in [-0.3, -0.25) is 4.79 Å². The summed E-state index contributed by atoms with van der Waals surface area (Å²) in [5.74, 6) is -0.990. The van der Waals surface area contributed by atoms with Crippen molar-refractivity contribution in [2.45, 2.75) is 6.92 Å². The zero-order valence-corrected chi connectivity index (χ0v) is 13.7. The molecule has 0 saturated heterocycles. The number of nitrogens with one attached hydrogen (secondary N) is 1. The van der Waals surface area contributed by atoms with Crippen LogP contribution in [0.25, 0.3) is 6.08 Å². The predicted octanol–water partition coefficient (Wildman–Crippen LogP) is 2.67. The van der Waals surface area contributed by atoms with E-state index in [4.69, 9.17) is 0 Å². The van der Waals surface area contributed by atoms with Gasteiger partial charge in [-0.25, -0.2) is 4.79 Å². The van der Waals surface area contributed by atoms with Gasteiger partial charge >= 0.3 is 5.97 Å². The number of rotatable bonds is 4. The fraction of sp³-hybridized carbons (Fsp3) is 0.167. The summed E-state index contributed by atoms with van der Waals surface area (Å²) in [6.07, 6.45) is 3.07. The summed E-state index contributed by atoms with van der Waals surface area (Å²) in [5.41, 5.74) is 2.39. The molecule has 6 heteroatoms. The lowest BCUT2D eigenvalue weighted by Gasteiger charge is -2.06. The van der Waals surface area contributed by atoms with E-state index in [1.165, 1.54) is 13.2 Å². The summed E-state index contributed by atoms with van der Waals surface area (Å²) in [6, 6.07) is 10.7. The minimum Gasteiger partial charge on any atom is -0.464 e. The van der Waals surface area contributed by atoms with Gasteiger partial charge in [0.05, 0.1) is 7.11 Å². The summed E-state index contributed by atoms with van der Waals surface area (Å²) in [5, 5.41) is 12.0. The molecule has 1 amide bonds. The van der Waals surface area contributed by atoms with Gasteiger partial charge in [0.2, 0.25) is 0 Å². The molecule has 122 valence electrons. The van der Waals surface area contributed by atoms with E-state index >= 15 is 0 Å². The Hall–Kier alpha value is -3.33. The molecule has 1 aromatic carbocycles. The Labute approximate surface area is 140 Å². The highest BCUT2D eigenvalue weighted by Gasteiger charge is 2.14. The smallest absolute Gasteiger partial charge is 0.354 e. The molecule has 0 bridgehead atoms. The summed E-state index contributed by atoms with van der Waals surface area (Å²) in [7, 11) is 2.98. The number of nitriles is 1. The van der Waals surface area contributed by atoms with Crippen LogP contribution in [0.3, 0.4) is 0 Å². The van der Waals surface area contributed by atoms with Crippen LogP contribution in [0.1, 0.15) is 21.6 Å². The molecule has 1 heterocycles. The van der Waals surface area contributed by atoms with Crippen LogP contribution < -0.4 is 5.32 Å². The molecule has 24 heavy (non-hydrogen) atoms. The number of amides is 1. The first-order chi connectivity index (χ1) is 11.5. The lowest BCUT2D eigenvalue weighted by Crippen LogP contribution is -2.14. The first-order valence-corrected chi connectivity index (χ1v) is 7.19. The molecule has 1 aromatic heterocycles. The van der Waals surface area contributed by atoms with E-state index < -0.39 is 11.9 Å². The monoisotopic (exact) mass is 323 g/mol. The molecule has 0 fully saturated rings. The maximum Gasteiger partial charge on any atom is 0.354 e. The number of ether oxygens (including phenoxy) is 1. The number of anilines is 1. The Morgan fingerprint density at radius 2 is 2.04 bits per heavy atom. The van der Waals surface area contributed by atoms with E-state index in [0.717, 1.165) is 5.56 Å². The first-order valence-electron chi connectivity index (χ1n) is 7.19. The molecule has 0 atom stereocenters. The van der Waals surface area contributed by atoms with Crippen molar-refractivity contribution in [3.8, 4) is 6.07 Å². The number of carbonyl (C=O) groups is 2. The third kappa shape index (κ3) is 3.70. The molecule has 2 rings (SSSR count). The van der Waals surface area contributed by atoms with Crippen LogP contribution in [-0.2, 0) is 16.6 Å². The lowest BCUT2D eigenvalue weighted by atomic mass is 10.1. The molecule has 0 aliphatic heterocycles. The molecule has 2 aromatic rings. The van der Waals surface area contributed by atoms with Crippen molar-refractivity contribution in [2.24, 2.45) is 7.05 Å². The molecule has 0 unspecified atom stereocenters. The highest BCUT2D eigenvalue weighted by molar-refractivity contribution is 6.10. The highest BCUT2D eigenvalue weighted by atomic mass is 16.5.